The van der Waals surface area contributed by atoms with Gasteiger partial charge in [-0.25, -0.2) is 0 Å². The first-order valence-electron chi connectivity index (χ1n) is 12.0. The lowest BCUT2D eigenvalue weighted by Gasteiger charge is -2.24. The Kier molecular flexibility index (Phi) is 3.85. The van der Waals surface area contributed by atoms with Crippen LogP contribution in [0.2, 0.25) is 0 Å². The highest BCUT2D eigenvalue weighted by Crippen LogP contribution is 2.42. The zero-order chi connectivity index (χ0) is 23.0. The van der Waals surface area contributed by atoms with Gasteiger partial charge in [-0.15, -0.1) is 0 Å². The Hall–Kier alpha value is -4.04. The molecule has 2 nitrogen and oxygen atoms in total. The molecule has 0 unspecified atom stereocenters. The van der Waals surface area contributed by atoms with Crippen molar-refractivity contribution >= 4 is 54.4 Å². The molecule has 0 aliphatic rings. The van der Waals surface area contributed by atoms with E-state index in [-0.39, 0.29) is 5.54 Å². The monoisotopic (exact) mass is 438 g/mol. The van der Waals surface area contributed by atoms with Crippen LogP contribution in [0, 0.1) is 0 Å². The molecule has 7 aromatic rings. The summed E-state index contributed by atoms with van der Waals surface area (Å²) in [5.41, 5.74) is 6.24. The number of para-hydroxylation sites is 2. The second kappa shape index (κ2) is 6.74. The van der Waals surface area contributed by atoms with Crippen LogP contribution >= 0.6 is 0 Å². The van der Waals surface area contributed by atoms with Crippen LogP contribution in [-0.4, -0.2) is 9.13 Å². The second-order valence-electron chi connectivity index (χ2n) is 10.3. The number of hydrogen-bond acceptors (Lipinski definition) is 0. The summed E-state index contributed by atoms with van der Waals surface area (Å²) in [7, 11) is 0. The molecule has 2 heterocycles. The van der Waals surface area contributed by atoms with Crippen molar-refractivity contribution < 1.29 is 0 Å². The van der Waals surface area contributed by atoms with E-state index >= 15 is 0 Å². The summed E-state index contributed by atoms with van der Waals surface area (Å²) in [6.45, 7) is 6.89. The number of rotatable bonds is 1. The van der Waals surface area contributed by atoms with Gasteiger partial charge in [-0.1, -0.05) is 66.7 Å². The minimum Gasteiger partial charge on any atom is -0.335 e. The fourth-order valence-electron chi connectivity index (χ4n) is 5.83. The molecule has 0 aliphatic carbocycles. The third kappa shape index (κ3) is 2.57. The molecule has 164 valence electrons. The third-order valence-electron chi connectivity index (χ3n) is 7.13. The minimum absolute atomic E-state index is 0.0328. The maximum absolute atomic E-state index is 2.51. The Morgan fingerprint density at radius 1 is 0.500 bits per heavy atom. The summed E-state index contributed by atoms with van der Waals surface area (Å²) >= 11 is 0. The van der Waals surface area contributed by atoms with E-state index in [1.165, 1.54) is 60.1 Å². The fourth-order valence-corrected chi connectivity index (χ4v) is 5.83. The number of benzene rings is 5. The molecule has 0 fully saturated rings. The van der Waals surface area contributed by atoms with Gasteiger partial charge in [-0.2, -0.15) is 0 Å². The van der Waals surface area contributed by atoms with E-state index in [9.17, 15) is 0 Å². The molecule has 2 aromatic heterocycles. The predicted octanol–water partition coefficient (Wildman–Crippen LogP) is 8.80. The van der Waals surface area contributed by atoms with Crippen molar-refractivity contribution in [3.63, 3.8) is 0 Å². The van der Waals surface area contributed by atoms with Crippen LogP contribution in [0.25, 0.3) is 60.1 Å². The highest BCUT2D eigenvalue weighted by molar-refractivity contribution is 6.25. The first-order valence-corrected chi connectivity index (χ1v) is 12.0. The van der Waals surface area contributed by atoms with Crippen molar-refractivity contribution in [1.29, 1.82) is 0 Å². The van der Waals surface area contributed by atoms with Gasteiger partial charge in [0, 0.05) is 38.3 Å². The highest BCUT2D eigenvalue weighted by Gasteiger charge is 2.23. The Morgan fingerprint density at radius 2 is 1.18 bits per heavy atom. The molecule has 0 atom stereocenters. The van der Waals surface area contributed by atoms with Crippen LogP contribution in [0.5, 0.6) is 0 Å². The maximum atomic E-state index is 2.51. The standard InChI is InChI=1S/C32H26N2/c1-32(2,3)34-27-16-10-9-15-24(27)25-19-29-26(20-30(25)34)31-23-14-8-7-11-21(23)17-18-28(31)33(29)22-12-5-4-6-13-22/h4-20H,1-3H3. The molecule has 7 rings (SSSR count). The molecule has 0 amide bonds. The topological polar surface area (TPSA) is 9.86 Å². The molecular weight excluding hydrogens is 412 g/mol. The molecule has 0 saturated heterocycles. The third-order valence-corrected chi connectivity index (χ3v) is 7.13. The summed E-state index contributed by atoms with van der Waals surface area (Å²) in [5.74, 6) is 0. The summed E-state index contributed by atoms with van der Waals surface area (Å²) < 4.78 is 4.94. The van der Waals surface area contributed by atoms with Crippen molar-refractivity contribution in [2.75, 3.05) is 0 Å². The van der Waals surface area contributed by atoms with Gasteiger partial charge in [0.15, 0.2) is 0 Å². The lowest BCUT2D eigenvalue weighted by molar-refractivity contribution is 0.423. The van der Waals surface area contributed by atoms with Crippen LogP contribution < -0.4 is 0 Å². The van der Waals surface area contributed by atoms with Crippen LogP contribution in [0.1, 0.15) is 20.8 Å². The first-order chi connectivity index (χ1) is 16.5. The number of fused-ring (bicyclic) bond motifs is 8. The summed E-state index contributed by atoms with van der Waals surface area (Å²) in [5, 5.41) is 7.82. The van der Waals surface area contributed by atoms with Gasteiger partial charge < -0.3 is 9.13 Å². The zero-order valence-electron chi connectivity index (χ0n) is 19.7. The van der Waals surface area contributed by atoms with Crippen LogP contribution in [-0.2, 0) is 5.54 Å². The summed E-state index contributed by atoms with van der Waals surface area (Å²) in [4.78, 5) is 0. The molecule has 0 aliphatic heterocycles. The molecule has 0 saturated carbocycles. The van der Waals surface area contributed by atoms with Gasteiger partial charge in [-0.05, 0) is 67.9 Å². The van der Waals surface area contributed by atoms with E-state index in [0.717, 1.165) is 0 Å². The van der Waals surface area contributed by atoms with Crippen molar-refractivity contribution in [2.45, 2.75) is 26.3 Å². The fraction of sp³-hybridized carbons (Fsp3) is 0.125. The smallest absolute Gasteiger partial charge is 0.0549 e. The average molecular weight is 439 g/mol. The van der Waals surface area contributed by atoms with Crippen LogP contribution in [0.3, 0.4) is 0 Å². The lowest BCUT2D eigenvalue weighted by atomic mass is 10.0. The Balaban J connectivity index is 1.78. The highest BCUT2D eigenvalue weighted by atomic mass is 15.1. The number of aromatic nitrogens is 2. The molecule has 5 aromatic carbocycles. The maximum Gasteiger partial charge on any atom is 0.0549 e. The molecular formula is C32H26N2. The van der Waals surface area contributed by atoms with E-state index in [4.69, 9.17) is 0 Å². The average Bonchev–Trinajstić information content (AvgIpc) is 3.35. The molecule has 0 bridgehead atoms. The zero-order valence-corrected chi connectivity index (χ0v) is 19.7. The van der Waals surface area contributed by atoms with Gasteiger partial charge in [0.2, 0.25) is 0 Å². The second-order valence-corrected chi connectivity index (χ2v) is 10.3. The van der Waals surface area contributed by atoms with E-state index in [2.05, 4.69) is 133 Å². The van der Waals surface area contributed by atoms with Gasteiger partial charge in [0.25, 0.3) is 0 Å². The Morgan fingerprint density at radius 3 is 1.97 bits per heavy atom. The first kappa shape index (κ1) is 19.4. The normalized spacial score (nSPS) is 12.6. The van der Waals surface area contributed by atoms with Crippen molar-refractivity contribution in [2.24, 2.45) is 0 Å². The SMILES string of the molecule is CC(C)(C)n1c2ccccc2c2cc3c(cc21)c1c2ccccc2ccc1n3-c1ccccc1. The van der Waals surface area contributed by atoms with Gasteiger partial charge >= 0.3 is 0 Å². The van der Waals surface area contributed by atoms with Crippen molar-refractivity contribution in [1.82, 2.24) is 9.13 Å². The Bertz CT molecular complexity index is 1880. The molecule has 0 N–H and O–H groups in total. The minimum atomic E-state index is -0.0328. The van der Waals surface area contributed by atoms with Gasteiger partial charge in [0.1, 0.15) is 0 Å². The van der Waals surface area contributed by atoms with E-state index < -0.39 is 0 Å². The number of hydrogen-bond donors (Lipinski definition) is 0. The van der Waals surface area contributed by atoms with Crippen LogP contribution in [0.4, 0.5) is 0 Å². The number of nitrogens with zero attached hydrogens (tertiary/aromatic N) is 2. The van der Waals surface area contributed by atoms with Crippen molar-refractivity contribution in [3.8, 4) is 5.69 Å². The van der Waals surface area contributed by atoms with Crippen LogP contribution in [0.15, 0.2) is 103 Å². The van der Waals surface area contributed by atoms with Gasteiger partial charge in [-0.3, -0.25) is 0 Å². The van der Waals surface area contributed by atoms with E-state index in [1.807, 2.05) is 0 Å². The van der Waals surface area contributed by atoms with E-state index in [1.54, 1.807) is 0 Å². The summed E-state index contributed by atoms with van der Waals surface area (Å²) in [6, 6.07) is 37.7. The molecule has 0 radical (unpaired) electrons. The molecule has 34 heavy (non-hydrogen) atoms. The lowest BCUT2D eigenvalue weighted by Crippen LogP contribution is -2.21. The Labute approximate surface area is 198 Å². The van der Waals surface area contributed by atoms with Gasteiger partial charge in [0.05, 0.1) is 16.6 Å². The molecule has 2 heteroatoms. The van der Waals surface area contributed by atoms with Crippen molar-refractivity contribution in [3.05, 3.63) is 103 Å². The van der Waals surface area contributed by atoms with E-state index in [0.29, 0.717) is 0 Å². The largest absolute Gasteiger partial charge is 0.335 e. The quantitative estimate of drug-likeness (QED) is 0.242. The summed E-state index contributed by atoms with van der Waals surface area (Å²) in [6.07, 6.45) is 0. The molecule has 0 spiro atoms. The predicted molar refractivity (Wildman–Crippen MR) is 146 cm³/mol.